The minimum atomic E-state index is -0.919. The molecule has 7 heteroatoms. The maximum atomic E-state index is 13.2. The number of benzene rings is 3. The van der Waals surface area contributed by atoms with Crippen molar-refractivity contribution in [1.82, 2.24) is 0 Å². The summed E-state index contributed by atoms with van der Waals surface area (Å²) < 4.78 is 10.9. The second-order valence-corrected chi connectivity index (χ2v) is 7.53. The largest absolute Gasteiger partial charge is 0.507 e. The first-order valence-corrected chi connectivity index (χ1v) is 10.2. The number of ether oxygens (including phenoxy) is 2. The van der Waals surface area contributed by atoms with Crippen LogP contribution in [-0.4, -0.2) is 31.0 Å². The van der Waals surface area contributed by atoms with Gasteiger partial charge in [-0.15, -0.1) is 0 Å². The number of hydrogen-bond acceptors (Lipinski definition) is 5. The molecule has 0 radical (unpaired) electrons. The molecule has 0 saturated carbocycles. The van der Waals surface area contributed by atoms with Gasteiger partial charge >= 0.3 is 0 Å². The van der Waals surface area contributed by atoms with E-state index in [1.165, 1.54) is 25.2 Å². The SMILES string of the molecule is COc1ccc(Cl)cc1/C(O)=C1\C(=O)C(=O)N(c2ccccc2)C1c1ccccc1OC. The number of methoxy groups -OCH3 is 2. The molecule has 6 nitrogen and oxygen atoms in total. The number of amides is 1. The first-order chi connectivity index (χ1) is 15.5. The predicted molar refractivity (Wildman–Crippen MR) is 122 cm³/mol. The van der Waals surface area contributed by atoms with Crippen LogP contribution in [0, 0.1) is 0 Å². The van der Waals surface area contributed by atoms with E-state index in [0.717, 1.165) is 0 Å². The van der Waals surface area contributed by atoms with Crippen LogP contribution in [0.25, 0.3) is 5.76 Å². The van der Waals surface area contributed by atoms with Crippen molar-refractivity contribution >= 4 is 34.7 Å². The van der Waals surface area contributed by atoms with Crippen molar-refractivity contribution in [3.63, 3.8) is 0 Å². The number of para-hydroxylation sites is 2. The van der Waals surface area contributed by atoms with E-state index in [1.54, 1.807) is 60.7 Å². The number of ketones is 1. The maximum absolute atomic E-state index is 13.2. The Morgan fingerprint density at radius 3 is 2.25 bits per heavy atom. The van der Waals surface area contributed by atoms with E-state index in [-0.39, 0.29) is 16.9 Å². The van der Waals surface area contributed by atoms with E-state index < -0.39 is 17.7 Å². The summed E-state index contributed by atoms with van der Waals surface area (Å²) in [5.41, 5.74) is 1.21. The van der Waals surface area contributed by atoms with Crippen molar-refractivity contribution in [2.75, 3.05) is 19.1 Å². The summed E-state index contributed by atoms with van der Waals surface area (Å²) in [6.07, 6.45) is 0. The molecular weight excluding hydrogens is 430 g/mol. The number of aliphatic hydroxyl groups excluding tert-OH is 1. The molecule has 1 fully saturated rings. The monoisotopic (exact) mass is 449 g/mol. The second-order valence-electron chi connectivity index (χ2n) is 7.09. The van der Waals surface area contributed by atoms with Gasteiger partial charge in [-0.2, -0.15) is 0 Å². The van der Waals surface area contributed by atoms with Gasteiger partial charge in [0.1, 0.15) is 17.3 Å². The van der Waals surface area contributed by atoms with Gasteiger partial charge < -0.3 is 14.6 Å². The van der Waals surface area contributed by atoms with Crippen LogP contribution < -0.4 is 14.4 Å². The van der Waals surface area contributed by atoms with Crippen LogP contribution >= 0.6 is 11.6 Å². The minimum Gasteiger partial charge on any atom is -0.507 e. The van der Waals surface area contributed by atoms with Gasteiger partial charge in [-0.25, -0.2) is 0 Å². The molecule has 1 saturated heterocycles. The third kappa shape index (κ3) is 3.59. The normalized spacial score (nSPS) is 17.5. The molecule has 1 unspecified atom stereocenters. The third-order valence-corrected chi connectivity index (χ3v) is 5.56. The lowest BCUT2D eigenvalue weighted by molar-refractivity contribution is -0.132. The Morgan fingerprint density at radius 2 is 1.56 bits per heavy atom. The Hall–Kier alpha value is -3.77. The number of halogens is 1. The van der Waals surface area contributed by atoms with E-state index in [1.807, 2.05) is 6.07 Å². The molecule has 3 aromatic rings. The molecule has 3 aromatic carbocycles. The Kier molecular flexibility index (Phi) is 5.88. The Morgan fingerprint density at radius 1 is 0.906 bits per heavy atom. The average molecular weight is 450 g/mol. The highest BCUT2D eigenvalue weighted by molar-refractivity contribution is 6.51. The number of aliphatic hydroxyl groups is 1. The van der Waals surface area contributed by atoms with Crippen molar-refractivity contribution < 1.29 is 24.2 Å². The predicted octanol–water partition coefficient (Wildman–Crippen LogP) is 4.98. The molecule has 1 N–H and O–H groups in total. The molecule has 32 heavy (non-hydrogen) atoms. The van der Waals surface area contributed by atoms with Crippen LogP contribution in [0.5, 0.6) is 11.5 Å². The van der Waals surface area contributed by atoms with Crippen molar-refractivity contribution in [2.45, 2.75) is 6.04 Å². The Balaban J connectivity index is 2.02. The van der Waals surface area contributed by atoms with Crippen molar-refractivity contribution in [3.8, 4) is 11.5 Å². The highest BCUT2D eigenvalue weighted by Gasteiger charge is 2.48. The standard InChI is InChI=1S/C25H20ClNO5/c1-31-19-11-7-6-10-17(19)22-21(23(28)18-14-15(26)12-13-20(18)32-2)24(29)25(30)27(22)16-8-4-3-5-9-16/h3-14,22,28H,1-2H3/b23-21+. The van der Waals surface area contributed by atoms with E-state index in [0.29, 0.717) is 27.8 Å². The summed E-state index contributed by atoms with van der Waals surface area (Å²) in [7, 11) is 2.95. The highest BCUT2D eigenvalue weighted by Crippen LogP contribution is 2.45. The molecule has 162 valence electrons. The van der Waals surface area contributed by atoms with Crippen LogP contribution in [-0.2, 0) is 9.59 Å². The first-order valence-electron chi connectivity index (χ1n) is 9.80. The van der Waals surface area contributed by atoms with E-state index in [9.17, 15) is 14.7 Å². The molecule has 0 aromatic heterocycles. The summed E-state index contributed by atoms with van der Waals surface area (Å²) >= 11 is 6.14. The Labute approximate surface area is 190 Å². The number of nitrogens with zero attached hydrogens (tertiary/aromatic N) is 1. The van der Waals surface area contributed by atoms with Crippen LogP contribution in [0.3, 0.4) is 0 Å². The number of rotatable bonds is 5. The quantitative estimate of drug-likeness (QED) is 0.337. The number of hydrogen-bond donors (Lipinski definition) is 1. The lowest BCUT2D eigenvalue weighted by Crippen LogP contribution is -2.29. The summed E-state index contributed by atoms with van der Waals surface area (Å²) in [6.45, 7) is 0. The van der Waals surface area contributed by atoms with Gasteiger partial charge in [0, 0.05) is 16.3 Å². The molecule has 0 aliphatic carbocycles. The van der Waals surface area contributed by atoms with E-state index in [4.69, 9.17) is 21.1 Å². The third-order valence-electron chi connectivity index (χ3n) is 5.33. The summed E-state index contributed by atoms with van der Waals surface area (Å²) in [6, 6.07) is 19.6. The fourth-order valence-electron chi connectivity index (χ4n) is 3.88. The highest BCUT2D eigenvalue weighted by atomic mass is 35.5. The minimum absolute atomic E-state index is 0.0797. The molecule has 1 heterocycles. The number of Topliss-reactive ketones (excluding diaryl/α,β-unsaturated/α-hetero) is 1. The summed E-state index contributed by atoms with van der Waals surface area (Å²) in [5, 5.41) is 11.7. The fourth-order valence-corrected chi connectivity index (χ4v) is 4.06. The second kappa shape index (κ2) is 8.77. The van der Waals surface area contributed by atoms with Crippen LogP contribution in [0.1, 0.15) is 17.2 Å². The molecular formula is C25H20ClNO5. The molecule has 1 atom stereocenters. The maximum Gasteiger partial charge on any atom is 0.300 e. The molecule has 4 rings (SSSR count). The zero-order valence-electron chi connectivity index (χ0n) is 17.4. The fraction of sp³-hybridized carbons (Fsp3) is 0.120. The van der Waals surface area contributed by atoms with Gasteiger partial charge in [0.15, 0.2) is 0 Å². The van der Waals surface area contributed by atoms with Crippen LogP contribution in [0.4, 0.5) is 5.69 Å². The first kappa shape index (κ1) is 21.5. The number of carbonyl (C=O) groups is 2. The van der Waals surface area contributed by atoms with Crippen molar-refractivity contribution in [3.05, 3.63) is 94.5 Å². The number of carbonyl (C=O) groups excluding carboxylic acids is 2. The molecule has 0 spiro atoms. The van der Waals surface area contributed by atoms with Crippen LogP contribution in [0.2, 0.25) is 5.02 Å². The summed E-state index contributed by atoms with van der Waals surface area (Å²) in [4.78, 5) is 27.8. The lowest BCUT2D eigenvalue weighted by atomic mass is 9.94. The molecule has 1 aliphatic heterocycles. The van der Waals surface area contributed by atoms with Gasteiger partial charge in [0.2, 0.25) is 0 Å². The molecule has 1 aliphatic rings. The van der Waals surface area contributed by atoms with Crippen molar-refractivity contribution in [2.24, 2.45) is 0 Å². The Bertz CT molecular complexity index is 1220. The van der Waals surface area contributed by atoms with Gasteiger partial charge in [-0.1, -0.05) is 48.0 Å². The summed E-state index contributed by atoms with van der Waals surface area (Å²) in [5.74, 6) is -1.16. The zero-order chi connectivity index (χ0) is 22.8. The van der Waals surface area contributed by atoms with Gasteiger partial charge in [-0.05, 0) is 36.4 Å². The topological polar surface area (TPSA) is 76.1 Å². The zero-order valence-corrected chi connectivity index (χ0v) is 18.2. The van der Waals surface area contributed by atoms with Gasteiger partial charge in [-0.3, -0.25) is 14.5 Å². The van der Waals surface area contributed by atoms with Gasteiger partial charge in [0.25, 0.3) is 11.7 Å². The van der Waals surface area contributed by atoms with E-state index in [2.05, 4.69) is 0 Å². The molecule has 1 amide bonds. The lowest BCUT2D eigenvalue weighted by Gasteiger charge is -2.26. The van der Waals surface area contributed by atoms with Crippen molar-refractivity contribution in [1.29, 1.82) is 0 Å². The number of anilines is 1. The van der Waals surface area contributed by atoms with E-state index >= 15 is 0 Å². The van der Waals surface area contributed by atoms with Gasteiger partial charge in [0.05, 0.1) is 31.4 Å². The molecule has 0 bridgehead atoms. The van der Waals surface area contributed by atoms with Crippen LogP contribution in [0.15, 0.2) is 78.4 Å². The smallest absolute Gasteiger partial charge is 0.300 e. The average Bonchev–Trinajstić information content (AvgIpc) is 3.09.